The molecule has 52 valence electrons. The van der Waals surface area contributed by atoms with Crippen LogP contribution >= 0.6 is 0 Å². The van der Waals surface area contributed by atoms with E-state index in [0.29, 0.717) is 13.3 Å². The van der Waals surface area contributed by atoms with Gasteiger partial charge in [0.15, 0.2) is 0 Å². The number of nitrogens with zero attached hydrogens (tertiary/aromatic N) is 2. The molecule has 0 amide bonds. The van der Waals surface area contributed by atoms with Gasteiger partial charge in [0.1, 0.15) is 6.73 Å². The second-order valence-electron chi connectivity index (χ2n) is 2.18. The van der Waals surface area contributed by atoms with E-state index in [0.717, 1.165) is 0 Å². The molecule has 0 fully saturated rings. The predicted molar refractivity (Wildman–Crippen MR) is 38.4 cm³/mol. The molecule has 2 rings (SSSR count). The third kappa shape index (κ3) is 0.844. The van der Waals surface area contributed by atoms with Gasteiger partial charge in [-0.05, 0) is 12.2 Å². The second-order valence-corrected chi connectivity index (χ2v) is 2.18. The van der Waals surface area contributed by atoms with E-state index < -0.39 is 0 Å². The summed E-state index contributed by atoms with van der Waals surface area (Å²) in [6, 6.07) is 0. The van der Waals surface area contributed by atoms with Gasteiger partial charge < -0.3 is 9.64 Å². The fraction of sp³-hybridized carbons (Fsp3) is 0.286. The lowest BCUT2D eigenvalue weighted by Crippen LogP contribution is -2.28. The average molecular weight is 136 g/mol. The number of hydrogen-bond donors (Lipinski definition) is 0. The SMILES string of the molecule is C1=CC2=CCOCN2C=N1. The van der Waals surface area contributed by atoms with Crippen molar-refractivity contribution in [1.29, 1.82) is 0 Å². The first-order chi connectivity index (χ1) is 4.97. The van der Waals surface area contributed by atoms with Crippen molar-refractivity contribution in [2.24, 2.45) is 4.99 Å². The molecule has 3 nitrogen and oxygen atoms in total. The van der Waals surface area contributed by atoms with Crippen LogP contribution in [-0.2, 0) is 4.74 Å². The highest BCUT2D eigenvalue weighted by Crippen LogP contribution is 2.11. The molecule has 0 saturated heterocycles. The summed E-state index contributed by atoms with van der Waals surface area (Å²) in [6.45, 7) is 1.34. The van der Waals surface area contributed by atoms with E-state index in [1.54, 1.807) is 12.5 Å². The third-order valence-corrected chi connectivity index (χ3v) is 1.51. The van der Waals surface area contributed by atoms with E-state index in [4.69, 9.17) is 4.74 Å². The van der Waals surface area contributed by atoms with Crippen LogP contribution in [0.5, 0.6) is 0 Å². The molecule has 0 aromatic heterocycles. The molecule has 0 saturated carbocycles. The van der Waals surface area contributed by atoms with Crippen molar-refractivity contribution in [3.63, 3.8) is 0 Å². The minimum atomic E-state index is 0.625. The Morgan fingerprint density at radius 3 is 3.50 bits per heavy atom. The average Bonchev–Trinajstić information content (AvgIpc) is 2.05. The quantitative estimate of drug-likeness (QED) is 0.490. The van der Waals surface area contributed by atoms with Crippen LogP contribution in [0.2, 0.25) is 0 Å². The van der Waals surface area contributed by atoms with Crippen molar-refractivity contribution in [1.82, 2.24) is 4.90 Å². The van der Waals surface area contributed by atoms with Crippen LogP contribution in [0.3, 0.4) is 0 Å². The van der Waals surface area contributed by atoms with Gasteiger partial charge in [-0.25, -0.2) is 4.99 Å². The summed E-state index contributed by atoms with van der Waals surface area (Å²) >= 11 is 0. The molecule has 3 heteroatoms. The number of rotatable bonds is 0. The first-order valence-corrected chi connectivity index (χ1v) is 3.21. The molecule has 2 aliphatic heterocycles. The molecule has 2 heterocycles. The van der Waals surface area contributed by atoms with E-state index in [2.05, 4.69) is 4.99 Å². The molecule has 0 unspecified atom stereocenters. The number of allylic oxidation sites excluding steroid dienone is 1. The number of aliphatic imine (C=N–C) groups is 1. The maximum absolute atomic E-state index is 5.16. The van der Waals surface area contributed by atoms with Crippen LogP contribution in [0.4, 0.5) is 0 Å². The molecular weight excluding hydrogens is 128 g/mol. The van der Waals surface area contributed by atoms with Gasteiger partial charge in [-0.2, -0.15) is 0 Å². The summed E-state index contributed by atoms with van der Waals surface area (Å²) < 4.78 is 5.16. The summed E-state index contributed by atoms with van der Waals surface area (Å²) in [4.78, 5) is 5.92. The molecule has 0 spiro atoms. The number of hydrogen-bond acceptors (Lipinski definition) is 3. The standard InChI is InChI=1S/C7H8N2O/c1-3-8-5-9-6-10-4-2-7(1)9/h1-3,5H,4,6H2. The Balaban J connectivity index is 2.27. The predicted octanol–water partition coefficient (Wildman–Crippen LogP) is 0.716. The summed E-state index contributed by atoms with van der Waals surface area (Å²) in [5, 5.41) is 0. The molecule has 10 heavy (non-hydrogen) atoms. The Bertz CT molecular complexity index is 218. The van der Waals surface area contributed by atoms with Gasteiger partial charge in [-0.1, -0.05) is 0 Å². The molecule has 2 aliphatic rings. The van der Waals surface area contributed by atoms with E-state index in [1.165, 1.54) is 5.70 Å². The highest BCUT2D eigenvalue weighted by atomic mass is 16.5. The van der Waals surface area contributed by atoms with Crippen molar-refractivity contribution in [3.8, 4) is 0 Å². The topological polar surface area (TPSA) is 24.8 Å². The third-order valence-electron chi connectivity index (χ3n) is 1.51. The van der Waals surface area contributed by atoms with Gasteiger partial charge in [-0.3, -0.25) is 0 Å². The Morgan fingerprint density at radius 1 is 1.60 bits per heavy atom. The minimum Gasteiger partial charge on any atom is -0.357 e. The van der Waals surface area contributed by atoms with Crippen molar-refractivity contribution >= 4 is 6.34 Å². The molecular formula is C7H8N2O. The van der Waals surface area contributed by atoms with Crippen molar-refractivity contribution in [2.45, 2.75) is 0 Å². The number of fused-ring (bicyclic) bond motifs is 1. The maximum Gasteiger partial charge on any atom is 0.124 e. The maximum atomic E-state index is 5.16. The lowest BCUT2D eigenvalue weighted by molar-refractivity contribution is 0.0877. The zero-order valence-electron chi connectivity index (χ0n) is 5.53. The van der Waals surface area contributed by atoms with E-state index in [-0.39, 0.29) is 0 Å². The highest BCUT2D eigenvalue weighted by Gasteiger charge is 2.10. The van der Waals surface area contributed by atoms with Crippen molar-refractivity contribution < 1.29 is 4.74 Å². The zero-order valence-corrected chi connectivity index (χ0v) is 5.53. The van der Waals surface area contributed by atoms with Crippen LogP contribution in [0, 0.1) is 0 Å². The summed E-state index contributed by atoms with van der Waals surface area (Å²) in [6.07, 6.45) is 7.56. The smallest absolute Gasteiger partial charge is 0.124 e. The van der Waals surface area contributed by atoms with Gasteiger partial charge in [0.2, 0.25) is 0 Å². The van der Waals surface area contributed by atoms with Crippen LogP contribution in [0.25, 0.3) is 0 Å². The molecule has 0 aromatic rings. The van der Waals surface area contributed by atoms with Gasteiger partial charge in [0, 0.05) is 11.9 Å². The summed E-state index contributed by atoms with van der Waals surface area (Å²) in [5.41, 5.74) is 1.18. The lowest BCUT2D eigenvalue weighted by Gasteiger charge is -2.25. The zero-order chi connectivity index (χ0) is 6.81. The Kier molecular flexibility index (Phi) is 1.29. The Morgan fingerprint density at radius 2 is 2.60 bits per heavy atom. The fourth-order valence-electron chi connectivity index (χ4n) is 0.989. The normalized spacial score (nSPS) is 22.4. The van der Waals surface area contributed by atoms with Crippen LogP contribution in [-0.4, -0.2) is 24.6 Å². The lowest BCUT2D eigenvalue weighted by atomic mass is 10.3. The molecule has 0 aromatic carbocycles. The Labute approximate surface area is 59.3 Å². The first-order valence-electron chi connectivity index (χ1n) is 3.21. The Hall–Kier alpha value is -1.09. The monoisotopic (exact) mass is 136 g/mol. The van der Waals surface area contributed by atoms with Crippen LogP contribution in [0.1, 0.15) is 0 Å². The van der Waals surface area contributed by atoms with Crippen LogP contribution < -0.4 is 0 Å². The fourth-order valence-corrected chi connectivity index (χ4v) is 0.989. The summed E-state index contributed by atoms with van der Waals surface area (Å²) in [5.74, 6) is 0. The molecule has 0 bridgehead atoms. The first kappa shape index (κ1) is 5.68. The van der Waals surface area contributed by atoms with Crippen LogP contribution in [0.15, 0.2) is 29.0 Å². The van der Waals surface area contributed by atoms with E-state index in [1.807, 2.05) is 17.1 Å². The minimum absolute atomic E-state index is 0.625. The molecule has 0 aliphatic carbocycles. The molecule has 0 atom stereocenters. The van der Waals surface area contributed by atoms with Gasteiger partial charge >= 0.3 is 0 Å². The van der Waals surface area contributed by atoms with Crippen molar-refractivity contribution in [2.75, 3.05) is 13.3 Å². The van der Waals surface area contributed by atoms with E-state index in [9.17, 15) is 0 Å². The summed E-state index contributed by atoms with van der Waals surface area (Å²) in [7, 11) is 0. The second kappa shape index (κ2) is 2.27. The van der Waals surface area contributed by atoms with Gasteiger partial charge in [0.05, 0.1) is 12.9 Å². The van der Waals surface area contributed by atoms with E-state index >= 15 is 0 Å². The molecule has 0 radical (unpaired) electrons. The highest BCUT2D eigenvalue weighted by molar-refractivity contribution is 5.62. The molecule has 0 N–H and O–H groups in total. The van der Waals surface area contributed by atoms with Gasteiger partial charge in [-0.15, -0.1) is 0 Å². The van der Waals surface area contributed by atoms with Crippen molar-refractivity contribution in [3.05, 3.63) is 24.0 Å². The largest absolute Gasteiger partial charge is 0.357 e. The van der Waals surface area contributed by atoms with Gasteiger partial charge in [0.25, 0.3) is 0 Å². The number of ether oxygens (including phenoxy) is 1.